The maximum atomic E-state index is 5.51. The van der Waals surface area contributed by atoms with Crippen LogP contribution in [-0.4, -0.2) is 24.2 Å². The topological polar surface area (TPSA) is 56.3 Å². The molecule has 0 fully saturated rings. The summed E-state index contributed by atoms with van der Waals surface area (Å²) in [4.78, 5) is 9.73. The zero-order valence-electron chi connectivity index (χ0n) is 17.4. The van der Waals surface area contributed by atoms with E-state index in [0.29, 0.717) is 6.54 Å². The van der Waals surface area contributed by atoms with E-state index in [1.54, 1.807) is 14.2 Å². The smallest absolute Gasteiger partial charge is 0.138 e. The van der Waals surface area contributed by atoms with Crippen LogP contribution in [0.1, 0.15) is 29.8 Å². The SMILES string of the molecule is COc1ccc(OC)c(CNc2nc(C(C)c3ccccc3)nc3ccccc23)c1. The minimum atomic E-state index is 0.0858. The second-order valence-corrected chi connectivity index (χ2v) is 7.11. The number of nitrogens with one attached hydrogen (secondary N) is 1. The zero-order chi connectivity index (χ0) is 20.9. The fraction of sp³-hybridized carbons (Fsp3) is 0.200. The van der Waals surface area contributed by atoms with Crippen molar-refractivity contribution < 1.29 is 9.47 Å². The first kappa shape index (κ1) is 19.7. The summed E-state index contributed by atoms with van der Waals surface area (Å²) in [5, 5.41) is 4.48. The third-order valence-electron chi connectivity index (χ3n) is 5.24. The van der Waals surface area contributed by atoms with Gasteiger partial charge in [0.1, 0.15) is 23.1 Å². The maximum Gasteiger partial charge on any atom is 0.138 e. The van der Waals surface area contributed by atoms with Gasteiger partial charge in [0, 0.05) is 23.4 Å². The molecule has 4 aromatic rings. The second-order valence-electron chi connectivity index (χ2n) is 7.11. The van der Waals surface area contributed by atoms with E-state index in [1.807, 2.05) is 60.7 Å². The lowest BCUT2D eigenvalue weighted by Gasteiger charge is -2.16. The van der Waals surface area contributed by atoms with Crippen molar-refractivity contribution in [2.24, 2.45) is 0 Å². The molecule has 0 bridgehead atoms. The van der Waals surface area contributed by atoms with Crippen molar-refractivity contribution in [3.8, 4) is 11.5 Å². The van der Waals surface area contributed by atoms with Crippen LogP contribution in [0.4, 0.5) is 5.82 Å². The fourth-order valence-corrected chi connectivity index (χ4v) is 3.51. The van der Waals surface area contributed by atoms with Crippen LogP contribution in [0, 0.1) is 0 Å². The van der Waals surface area contributed by atoms with E-state index >= 15 is 0 Å². The summed E-state index contributed by atoms with van der Waals surface area (Å²) >= 11 is 0. The third-order valence-corrected chi connectivity index (χ3v) is 5.24. The molecule has 0 spiro atoms. The average molecular weight is 399 g/mol. The van der Waals surface area contributed by atoms with Gasteiger partial charge >= 0.3 is 0 Å². The Hall–Kier alpha value is -3.60. The van der Waals surface area contributed by atoms with E-state index in [2.05, 4.69) is 24.4 Å². The lowest BCUT2D eigenvalue weighted by atomic mass is 10.0. The fourth-order valence-electron chi connectivity index (χ4n) is 3.51. The summed E-state index contributed by atoms with van der Waals surface area (Å²) in [5.41, 5.74) is 3.11. The molecule has 5 nitrogen and oxygen atoms in total. The number of para-hydroxylation sites is 1. The molecular weight excluding hydrogens is 374 g/mol. The highest BCUT2D eigenvalue weighted by Crippen LogP contribution is 2.29. The third kappa shape index (κ3) is 4.06. The summed E-state index contributed by atoms with van der Waals surface area (Å²) in [7, 11) is 3.33. The molecule has 1 aromatic heterocycles. The van der Waals surface area contributed by atoms with Crippen molar-refractivity contribution in [3.05, 3.63) is 89.7 Å². The summed E-state index contributed by atoms with van der Waals surface area (Å²) in [5.74, 6) is 3.28. The molecule has 1 N–H and O–H groups in total. The first-order chi connectivity index (χ1) is 14.7. The Balaban J connectivity index is 1.70. The van der Waals surface area contributed by atoms with Crippen LogP contribution in [0.25, 0.3) is 10.9 Å². The van der Waals surface area contributed by atoms with Gasteiger partial charge in [-0.15, -0.1) is 0 Å². The van der Waals surface area contributed by atoms with Crippen molar-refractivity contribution >= 4 is 16.7 Å². The minimum Gasteiger partial charge on any atom is -0.497 e. The van der Waals surface area contributed by atoms with Gasteiger partial charge in [0.05, 0.1) is 19.7 Å². The molecule has 3 aromatic carbocycles. The molecule has 0 amide bonds. The predicted octanol–water partition coefficient (Wildman–Crippen LogP) is 5.41. The number of hydrogen-bond donors (Lipinski definition) is 1. The Bertz CT molecular complexity index is 1150. The normalized spacial score (nSPS) is 11.8. The highest BCUT2D eigenvalue weighted by Gasteiger charge is 2.15. The van der Waals surface area contributed by atoms with Crippen molar-refractivity contribution in [2.75, 3.05) is 19.5 Å². The van der Waals surface area contributed by atoms with Gasteiger partial charge in [0.25, 0.3) is 0 Å². The van der Waals surface area contributed by atoms with E-state index in [9.17, 15) is 0 Å². The van der Waals surface area contributed by atoms with Crippen LogP contribution < -0.4 is 14.8 Å². The Morgan fingerprint density at radius 2 is 1.63 bits per heavy atom. The molecule has 5 heteroatoms. The van der Waals surface area contributed by atoms with Crippen molar-refractivity contribution in [2.45, 2.75) is 19.4 Å². The van der Waals surface area contributed by atoms with Gasteiger partial charge in [-0.1, -0.05) is 49.4 Å². The number of aromatic nitrogens is 2. The van der Waals surface area contributed by atoms with E-state index in [1.165, 1.54) is 5.56 Å². The molecule has 1 unspecified atom stereocenters. The molecule has 1 atom stereocenters. The largest absolute Gasteiger partial charge is 0.497 e. The minimum absolute atomic E-state index is 0.0858. The summed E-state index contributed by atoms with van der Waals surface area (Å²) in [6.07, 6.45) is 0. The maximum absolute atomic E-state index is 5.51. The zero-order valence-corrected chi connectivity index (χ0v) is 17.4. The van der Waals surface area contributed by atoms with Crippen molar-refractivity contribution in [3.63, 3.8) is 0 Å². The predicted molar refractivity (Wildman–Crippen MR) is 120 cm³/mol. The van der Waals surface area contributed by atoms with Crippen LogP contribution >= 0.6 is 0 Å². The first-order valence-electron chi connectivity index (χ1n) is 9.96. The Morgan fingerprint density at radius 1 is 0.867 bits per heavy atom. The van der Waals surface area contributed by atoms with E-state index in [0.717, 1.165) is 39.6 Å². The molecule has 0 saturated carbocycles. The van der Waals surface area contributed by atoms with Gasteiger partial charge < -0.3 is 14.8 Å². The monoisotopic (exact) mass is 399 g/mol. The van der Waals surface area contributed by atoms with Crippen LogP contribution in [0.2, 0.25) is 0 Å². The number of rotatable bonds is 7. The van der Waals surface area contributed by atoms with Crippen LogP contribution in [0.3, 0.4) is 0 Å². The number of ether oxygens (including phenoxy) is 2. The van der Waals surface area contributed by atoms with Crippen LogP contribution in [0.5, 0.6) is 11.5 Å². The molecule has 30 heavy (non-hydrogen) atoms. The van der Waals surface area contributed by atoms with Crippen LogP contribution in [0.15, 0.2) is 72.8 Å². The number of benzene rings is 3. The number of fused-ring (bicyclic) bond motifs is 1. The second kappa shape index (κ2) is 8.82. The molecule has 1 heterocycles. The van der Waals surface area contributed by atoms with E-state index < -0.39 is 0 Å². The summed E-state index contributed by atoms with van der Waals surface area (Å²) < 4.78 is 10.9. The molecule has 0 aliphatic carbocycles. The number of nitrogens with zero attached hydrogens (tertiary/aromatic N) is 2. The van der Waals surface area contributed by atoms with Gasteiger partial charge in [-0.05, 0) is 35.9 Å². The molecule has 0 radical (unpaired) electrons. The molecular formula is C25H25N3O2. The van der Waals surface area contributed by atoms with E-state index in [4.69, 9.17) is 19.4 Å². The number of anilines is 1. The summed E-state index contributed by atoms with van der Waals surface area (Å²) in [6, 6.07) is 24.2. The quantitative estimate of drug-likeness (QED) is 0.450. The van der Waals surface area contributed by atoms with E-state index in [-0.39, 0.29) is 5.92 Å². The molecule has 4 rings (SSSR count). The van der Waals surface area contributed by atoms with Crippen molar-refractivity contribution in [1.29, 1.82) is 0 Å². The van der Waals surface area contributed by atoms with Crippen LogP contribution in [-0.2, 0) is 6.54 Å². The first-order valence-corrected chi connectivity index (χ1v) is 9.96. The standard InChI is InChI=1S/C25H25N3O2/c1-17(18-9-5-4-6-10-18)24-27-22-12-8-7-11-21(22)25(28-24)26-16-19-15-20(29-2)13-14-23(19)30-3/h4-15,17H,16H2,1-3H3,(H,26,27,28). The molecule has 0 aliphatic rings. The Labute approximate surface area is 176 Å². The Morgan fingerprint density at radius 3 is 2.40 bits per heavy atom. The van der Waals surface area contributed by atoms with Gasteiger partial charge in [0.2, 0.25) is 0 Å². The average Bonchev–Trinajstić information content (AvgIpc) is 2.82. The number of methoxy groups -OCH3 is 2. The highest BCUT2D eigenvalue weighted by molar-refractivity contribution is 5.89. The van der Waals surface area contributed by atoms with Gasteiger partial charge in [-0.2, -0.15) is 0 Å². The molecule has 152 valence electrons. The van der Waals surface area contributed by atoms with Crippen molar-refractivity contribution in [1.82, 2.24) is 9.97 Å². The van der Waals surface area contributed by atoms with Gasteiger partial charge in [-0.3, -0.25) is 0 Å². The highest BCUT2D eigenvalue weighted by atomic mass is 16.5. The molecule has 0 saturated heterocycles. The summed E-state index contributed by atoms with van der Waals surface area (Å²) in [6.45, 7) is 2.69. The van der Waals surface area contributed by atoms with Gasteiger partial charge in [-0.25, -0.2) is 9.97 Å². The number of hydrogen-bond acceptors (Lipinski definition) is 5. The lowest BCUT2D eigenvalue weighted by molar-refractivity contribution is 0.399. The lowest BCUT2D eigenvalue weighted by Crippen LogP contribution is -2.09. The van der Waals surface area contributed by atoms with Gasteiger partial charge in [0.15, 0.2) is 0 Å². The molecule has 0 aliphatic heterocycles. The Kier molecular flexibility index (Phi) is 5.80.